The molecule has 2 aromatic carbocycles. The van der Waals surface area contributed by atoms with Gasteiger partial charge in [-0.05, 0) is 42.0 Å². The van der Waals surface area contributed by atoms with Crippen molar-refractivity contribution in [3.8, 4) is 11.5 Å². The molecule has 1 aliphatic rings. The second kappa shape index (κ2) is 10.5. The number of halogens is 2. The maximum atomic E-state index is 13.2. The standard InChI is InChI=1S/C25H20ClFN2O7/c1-33-21-11-16(26)9-15(22(21)35-13-14-3-5-17(27)6-4-14)10-19-23(30)29(25(32)28-19)12-18-7-8-20(36-18)24(31)34-2/h3-11H,12-13H2,1-2H3,(H,28,32)/b19-10+. The molecule has 11 heteroatoms. The van der Waals surface area contributed by atoms with Gasteiger partial charge in [-0.2, -0.15) is 0 Å². The highest BCUT2D eigenvalue weighted by Gasteiger charge is 2.34. The average Bonchev–Trinajstić information content (AvgIpc) is 3.44. The molecule has 0 saturated carbocycles. The smallest absolute Gasteiger partial charge is 0.373 e. The second-order valence-corrected chi connectivity index (χ2v) is 8.01. The summed E-state index contributed by atoms with van der Waals surface area (Å²) >= 11 is 6.22. The highest BCUT2D eigenvalue weighted by molar-refractivity contribution is 6.31. The SMILES string of the molecule is COC(=O)c1ccc(CN2C(=O)N/C(=C/c3cc(Cl)cc(OC)c3OCc3ccc(F)cc3)C2=O)o1. The number of methoxy groups -OCH3 is 2. The van der Waals surface area contributed by atoms with Crippen LogP contribution in [0.1, 0.15) is 27.4 Å². The first-order chi connectivity index (χ1) is 17.3. The first-order valence-electron chi connectivity index (χ1n) is 10.6. The number of hydrogen-bond donors (Lipinski definition) is 1. The molecule has 0 unspecified atom stereocenters. The zero-order valence-corrected chi connectivity index (χ0v) is 19.9. The molecule has 3 aromatic rings. The minimum atomic E-state index is -0.679. The van der Waals surface area contributed by atoms with E-state index in [-0.39, 0.29) is 41.9 Å². The van der Waals surface area contributed by atoms with Crippen molar-refractivity contribution in [2.75, 3.05) is 14.2 Å². The van der Waals surface area contributed by atoms with E-state index in [4.69, 9.17) is 25.5 Å². The molecule has 1 fully saturated rings. The van der Waals surface area contributed by atoms with Gasteiger partial charge in [0.15, 0.2) is 11.5 Å². The van der Waals surface area contributed by atoms with Crippen molar-refractivity contribution in [3.05, 3.63) is 87.7 Å². The average molecular weight is 515 g/mol. The lowest BCUT2D eigenvalue weighted by molar-refractivity contribution is -0.123. The van der Waals surface area contributed by atoms with E-state index in [9.17, 15) is 18.8 Å². The molecule has 1 aromatic heterocycles. The van der Waals surface area contributed by atoms with Crippen LogP contribution in [0.2, 0.25) is 5.02 Å². The number of carbonyl (C=O) groups is 3. The van der Waals surface area contributed by atoms with Gasteiger partial charge in [-0.1, -0.05) is 23.7 Å². The van der Waals surface area contributed by atoms with Crippen LogP contribution in [0, 0.1) is 5.82 Å². The van der Waals surface area contributed by atoms with E-state index < -0.39 is 17.9 Å². The molecule has 3 amide bonds. The number of amides is 3. The number of urea groups is 1. The van der Waals surface area contributed by atoms with Crippen molar-refractivity contribution >= 4 is 35.6 Å². The van der Waals surface area contributed by atoms with Crippen LogP contribution in [0.5, 0.6) is 11.5 Å². The van der Waals surface area contributed by atoms with Gasteiger partial charge < -0.3 is 23.9 Å². The summed E-state index contributed by atoms with van der Waals surface area (Å²) in [7, 11) is 2.64. The number of ether oxygens (including phenoxy) is 3. The Kier molecular flexibility index (Phi) is 7.25. The summed E-state index contributed by atoms with van der Waals surface area (Å²) in [4.78, 5) is 38.0. The van der Waals surface area contributed by atoms with E-state index in [0.717, 1.165) is 4.90 Å². The molecule has 1 N–H and O–H groups in total. The predicted octanol–water partition coefficient (Wildman–Crippen LogP) is 4.54. The van der Waals surface area contributed by atoms with Gasteiger partial charge >= 0.3 is 12.0 Å². The topological polar surface area (TPSA) is 107 Å². The van der Waals surface area contributed by atoms with Crippen LogP contribution >= 0.6 is 11.6 Å². The third kappa shape index (κ3) is 5.33. The van der Waals surface area contributed by atoms with Crippen molar-refractivity contribution in [2.24, 2.45) is 0 Å². The molecular weight excluding hydrogens is 495 g/mol. The van der Waals surface area contributed by atoms with E-state index in [1.54, 1.807) is 24.3 Å². The highest BCUT2D eigenvalue weighted by Crippen LogP contribution is 2.37. The molecule has 0 radical (unpaired) electrons. The zero-order valence-electron chi connectivity index (χ0n) is 19.2. The Bertz CT molecular complexity index is 1350. The van der Waals surface area contributed by atoms with Crippen molar-refractivity contribution in [1.82, 2.24) is 10.2 Å². The Morgan fingerprint density at radius 3 is 2.58 bits per heavy atom. The van der Waals surface area contributed by atoms with E-state index in [2.05, 4.69) is 10.1 Å². The molecule has 0 bridgehead atoms. The Morgan fingerprint density at radius 2 is 1.89 bits per heavy atom. The fourth-order valence-corrected chi connectivity index (χ4v) is 3.65. The number of nitrogens with zero attached hydrogens (tertiary/aromatic N) is 1. The fraction of sp³-hybridized carbons (Fsp3) is 0.160. The third-order valence-electron chi connectivity index (χ3n) is 5.19. The van der Waals surface area contributed by atoms with Gasteiger partial charge in [0.05, 0.1) is 20.8 Å². The van der Waals surface area contributed by atoms with E-state index in [1.807, 2.05) is 0 Å². The Morgan fingerprint density at radius 1 is 1.14 bits per heavy atom. The molecule has 9 nitrogen and oxygen atoms in total. The summed E-state index contributed by atoms with van der Waals surface area (Å²) in [6.45, 7) is -0.117. The monoisotopic (exact) mass is 514 g/mol. The molecule has 0 spiro atoms. The van der Waals surface area contributed by atoms with Crippen LogP contribution in [0.25, 0.3) is 6.08 Å². The van der Waals surface area contributed by atoms with Gasteiger partial charge in [0.25, 0.3) is 5.91 Å². The van der Waals surface area contributed by atoms with Crippen LogP contribution in [0.15, 0.2) is 58.6 Å². The normalized spacial score (nSPS) is 14.2. The van der Waals surface area contributed by atoms with Gasteiger partial charge in [0.2, 0.25) is 5.76 Å². The Labute approximate surface area is 210 Å². The molecule has 36 heavy (non-hydrogen) atoms. The maximum absolute atomic E-state index is 13.2. The molecule has 0 aliphatic carbocycles. The molecule has 186 valence electrons. The Hall–Kier alpha value is -4.31. The molecule has 1 saturated heterocycles. The number of esters is 1. The molecule has 4 rings (SSSR count). The first kappa shape index (κ1) is 24.8. The summed E-state index contributed by atoms with van der Waals surface area (Å²) in [5.74, 6) is -0.938. The van der Waals surface area contributed by atoms with E-state index >= 15 is 0 Å². The third-order valence-corrected chi connectivity index (χ3v) is 5.41. The summed E-state index contributed by atoms with van der Waals surface area (Å²) in [5.41, 5.74) is 1.04. The number of rotatable bonds is 8. The first-order valence-corrected chi connectivity index (χ1v) is 10.9. The summed E-state index contributed by atoms with van der Waals surface area (Å²) in [6.07, 6.45) is 1.41. The van der Waals surface area contributed by atoms with Gasteiger partial charge in [0.1, 0.15) is 23.9 Å². The largest absolute Gasteiger partial charge is 0.493 e. The lowest BCUT2D eigenvalue weighted by atomic mass is 10.1. The summed E-state index contributed by atoms with van der Waals surface area (Å²) in [5, 5.41) is 2.82. The molecule has 1 aliphatic heterocycles. The fourth-order valence-electron chi connectivity index (χ4n) is 3.44. The number of furan rings is 1. The van der Waals surface area contributed by atoms with Crippen LogP contribution in [0.3, 0.4) is 0 Å². The van der Waals surface area contributed by atoms with Gasteiger partial charge in [0, 0.05) is 16.7 Å². The van der Waals surface area contributed by atoms with Crippen LogP contribution in [0.4, 0.5) is 9.18 Å². The minimum Gasteiger partial charge on any atom is -0.493 e. The maximum Gasteiger partial charge on any atom is 0.373 e. The van der Waals surface area contributed by atoms with Crippen molar-refractivity contribution in [3.63, 3.8) is 0 Å². The molecular formula is C25H20ClFN2O7. The lowest BCUT2D eigenvalue weighted by Crippen LogP contribution is -2.30. The number of imide groups is 1. The molecule has 0 atom stereocenters. The molecule has 2 heterocycles. The van der Waals surface area contributed by atoms with Crippen molar-refractivity contribution in [2.45, 2.75) is 13.2 Å². The highest BCUT2D eigenvalue weighted by atomic mass is 35.5. The number of hydrogen-bond acceptors (Lipinski definition) is 7. The van der Waals surface area contributed by atoms with Crippen molar-refractivity contribution in [1.29, 1.82) is 0 Å². The lowest BCUT2D eigenvalue weighted by Gasteiger charge is -2.15. The van der Waals surface area contributed by atoms with Gasteiger partial charge in [-0.25, -0.2) is 14.0 Å². The number of nitrogens with one attached hydrogen (secondary N) is 1. The van der Waals surface area contributed by atoms with Gasteiger partial charge in [-0.15, -0.1) is 0 Å². The predicted molar refractivity (Wildman–Crippen MR) is 126 cm³/mol. The van der Waals surface area contributed by atoms with E-state index in [0.29, 0.717) is 21.9 Å². The second-order valence-electron chi connectivity index (χ2n) is 7.58. The number of carbonyl (C=O) groups excluding carboxylic acids is 3. The quantitative estimate of drug-likeness (QED) is 0.267. The van der Waals surface area contributed by atoms with Crippen LogP contribution < -0.4 is 14.8 Å². The zero-order chi connectivity index (χ0) is 25.8. The van der Waals surface area contributed by atoms with E-state index in [1.165, 1.54) is 44.6 Å². The van der Waals surface area contributed by atoms with Crippen LogP contribution in [-0.4, -0.2) is 37.0 Å². The summed E-state index contributed by atoms with van der Waals surface area (Å²) < 4.78 is 34.5. The Balaban J connectivity index is 1.59. The minimum absolute atomic E-state index is 0.0318. The van der Waals surface area contributed by atoms with Crippen LogP contribution in [-0.2, 0) is 22.7 Å². The van der Waals surface area contributed by atoms with Crippen molar-refractivity contribution < 1.29 is 37.4 Å². The summed E-state index contributed by atoms with van der Waals surface area (Å²) in [6, 6.07) is 11.1. The number of benzene rings is 2. The van der Waals surface area contributed by atoms with Gasteiger partial charge in [-0.3, -0.25) is 9.69 Å².